The summed E-state index contributed by atoms with van der Waals surface area (Å²) in [5.74, 6) is -1.54. The van der Waals surface area contributed by atoms with E-state index in [9.17, 15) is 28.1 Å². The fourth-order valence-corrected chi connectivity index (χ4v) is 4.85. The van der Waals surface area contributed by atoms with Crippen molar-refractivity contribution < 1.29 is 27.7 Å². The number of hydrogen-bond acceptors (Lipinski definition) is 7. The largest absolute Gasteiger partial charge is 0.454 e. The molecule has 0 radical (unpaired) electrons. The molecule has 0 saturated carbocycles. The summed E-state index contributed by atoms with van der Waals surface area (Å²) < 4.78 is 31.7. The first kappa shape index (κ1) is 22.9. The predicted octanol–water partition coefficient (Wildman–Crippen LogP) is 3.46. The molecule has 1 saturated heterocycles. The molecule has 0 amide bonds. The van der Waals surface area contributed by atoms with Gasteiger partial charge in [0.25, 0.3) is 5.69 Å². The maximum Gasteiger partial charge on any atom is 0.340 e. The molecule has 31 heavy (non-hydrogen) atoms. The van der Waals surface area contributed by atoms with E-state index in [1.165, 1.54) is 34.6 Å². The van der Waals surface area contributed by atoms with Crippen molar-refractivity contribution in [2.45, 2.75) is 24.2 Å². The number of nitro groups is 1. The molecule has 1 heterocycles. The maximum atomic E-state index is 12.7. The van der Waals surface area contributed by atoms with Gasteiger partial charge in [-0.15, -0.1) is 0 Å². The molecule has 2 aromatic rings. The van der Waals surface area contributed by atoms with Gasteiger partial charge in [-0.1, -0.05) is 18.0 Å². The molecule has 3 rings (SSSR count). The van der Waals surface area contributed by atoms with E-state index < -0.39 is 33.3 Å². The molecule has 1 aliphatic rings. The monoisotopic (exact) mass is 466 g/mol. The summed E-state index contributed by atoms with van der Waals surface area (Å²) in [6.07, 6.45) is 2.63. The van der Waals surface area contributed by atoms with E-state index in [-0.39, 0.29) is 26.7 Å². The summed E-state index contributed by atoms with van der Waals surface area (Å²) in [5, 5.41) is 10.8. The van der Waals surface area contributed by atoms with Crippen LogP contribution >= 0.6 is 11.6 Å². The minimum atomic E-state index is -3.62. The Balaban J connectivity index is 1.65. The van der Waals surface area contributed by atoms with Gasteiger partial charge in [0.15, 0.2) is 12.4 Å². The summed E-state index contributed by atoms with van der Waals surface area (Å²) in [6.45, 7) is 0.314. The van der Waals surface area contributed by atoms with Crippen LogP contribution in [0.15, 0.2) is 47.4 Å². The SMILES string of the molecule is O=C(COC(=O)c1cc([N+](=O)[O-])ccc1Cl)c1ccc(S(=O)(=O)N2CCCCC2)cc1. The summed E-state index contributed by atoms with van der Waals surface area (Å²) >= 11 is 5.88. The number of carbonyl (C=O) groups excluding carboxylic acids is 2. The van der Waals surface area contributed by atoms with Crippen LogP contribution in [0.1, 0.15) is 40.0 Å². The Morgan fingerprint density at radius 2 is 1.71 bits per heavy atom. The van der Waals surface area contributed by atoms with Crippen molar-refractivity contribution in [3.63, 3.8) is 0 Å². The third-order valence-corrected chi connectivity index (χ3v) is 7.09. The quantitative estimate of drug-likeness (QED) is 0.265. The van der Waals surface area contributed by atoms with Crippen molar-refractivity contribution >= 4 is 39.1 Å². The molecule has 0 N–H and O–H groups in total. The van der Waals surface area contributed by atoms with E-state index in [1.807, 2.05) is 0 Å². The van der Waals surface area contributed by atoms with Crippen LogP contribution in [0, 0.1) is 10.1 Å². The van der Waals surface area contributed by atoms with Gasteiger partial charge in [-0.05, 0) is 43.2 Å². The van der Waals surface area contributed by atoms with Crippen LogP contribution in [-0.4, -0.2) is 49.1 Å². The second-order valence-electron chi connectivity index (χ2n) is 6.91. The maximum absolute atomic E-state index is 12.7. The second kappa shape index (κ2) is 9.54. The van der Waals surface area contributed by atoms with E-state index in [0.29, 0.717) is 13.1 Å². The fourth-order valence-electron chi connectivity index (χ4n) is 3.14. The Bertz CT molecular complexity index is 1110. The molecule has 2 aromatic carbocycles. The smallest absolute Gasteiger partial charge is 0.340 e. The highest BCUT2D eigenvalue weighted by atomic mass is 35.5. The molecular formula is C20H19ClN2O7S. The first-order valence-electron chi connectivity index (χ1n) is 9.44. The number of ether oxygens (including phenoxy) is 1. The number of halogens is 1. The topological polar surface area (TPSA) is 124 Å². The second-order valence-corrected chi connectivity index (χ2v) is 9.25. The van der Waals surface area contributed by atoms with Gasteiger partial charge in [0.2, 0.25) is 10.0 Å². The number of benzene rings is 2. The van der Waals surface area contributed by atoms with Gasteiger partial charge in [0, 0.05) is 30.8 Å². The van der Waals surface area contributed by atoms with Crippen LogP contribution < -0.4 is 0 Å². The Morgan fingerprint density at radius 3 is 2.32 bits per heavy atom. The zero-order valence-corrected chi connectivity index (χ0v) is 17.9. The Labute approximate surface area is 183 Å². The Hall–Kier alpha value is -2.82. The van der Waals surface area contributed by atoms with Crippen LogP contribution in [0.25, 0.3) is 0 Å². The number of esters is 1. The van der Waals surface area contributed by atoms with Crippen molar-refractivity contribution in [2.75, 3.05) is 19.7 Å². The first-order chi connectivity index (χ1) is 14.7. The molecule has 0 aliphatic carbocycles. The van der Waals surface area contributed by atoms with E-state index in [2.05, 4.69) is 0 Å². The minimum Gasteiger partial charge on any atom is -0.454 e. The molecular weight excluding hydrogens is 448 g/mol. The number of nitrogens with zero attached hydrogens (tertiary/aromatic N) is 2. The average Bonchev–Trinajstić information content (AvgIpc) is 2.78. The number of Topliss-reactive ketones (excluding diaryl/α,β-unsaturated/α-hetero) is 1. The zero-order valence-electron chi connectivity index (χ0n) is 16.3. The fraction of sp³-hybridized carbons (Fsp3) is 0.300. The van der Waals surface area contributed by atoms with Crippen molar-refractivity contribution in [1.29, 1.82) is 0 Å². The van der Waals surface area contributed by atoms with Crippen molar-refractivity contribution in [3.05, 3.63) is 68.7 Å². The third-order valence-electron chi connectivity index (χ3n) is 4.84. The third kappa shape index (κ3) is 5.27. The van der Waals surface area contributed by atoms with Crippen molar-refractivity contribution in [3.8, 4) is 0 Å². The van der Waals surface area contributed by atoms with E-state index >= 15 is 0 Å². The van der Waals surface area contributed by atoms with Crippen LogP contribution in [0.2, 0.25) is 5.02 Å². The Morgan fingerprint density at radius 1 is 1.06 bits per heavy atom. The van der Waals surface area contributed by atoms with Gasteiger partial charge in [0.1, 0.15) is 0 Å². The number of hydrogen-bond donors (Lipinski definition) is 0. The standard InChI is InChI=1S/C20H19ClN2O7S/c21-18-9-6-15(23(26)27)12-17(18)20(25)30-13-19(24)14-4-7-16(8-5-14)31(28,29)22-10-2-1-3-11-22/h4-9,12H,1-3,10-11,13H2. The summed E-state index contributed by atoms with van der Waals surface area (Å²) in [5.41, 5.74) is -0.407. The van der Waals surface area contributed by atoms with E-state index in [1.54, 1.807) is 0 Å². The van der Waals surface area contributed by atoms with Crippen LogP contribution in [0.5, 0.6) is 0 Å². The first-order valence-corrected chi connectivity index (χ1v) is 11.3. The number of nitro benzene ring substituents is 1. The molecule has 0 atom stereocenters. The van der Waals surface area contributed by atoms with E-state index in [0.717, 1.165) is 31.4 Å². The van der Waals surface area contributed by atoms with Crippen molar-refractivity contribution in [1.82, 2.24) is 4.31 Å². The lowest BCUT2D eigenvalue weighted by molar-refractivity contribution is -0.384. The number of rotatable bonds is 7. The van der Waals surface area contributed by atoms with Crippen molar-refractivity contribution in [2.24, 2.45) is 0 Å². The van der Waals surface area contributed by atoms with Crippen LogP contribution in [-0.2, 0) is 14.8 Å². The highest BCUT2D eigenvalue weighted by molar-refractivity contribution is 7.89. The van der Waals surface area contributed by atoms with Gasteiger partial charge < -0.3 is 4.74 Å². The normalized spacial score (nSPS) is 14.7. The highest BCUT2D eigenvalue weighted by Crippen LogP contribution is 2.23. The number of non-ortho nitro benzene ring substituents is 1. The predicted molar refractivity (Wildman–Crippen MR) is 112 cm³/mol. The van der Waals surface area contributed by atoms with Gasteiger partial charge in [0.05, 0.1) is 20.4 Å². The van der Waals surface area contributed by atoms with Crippen LogP contribution in [0.4, 0.5) is 5.69 Å². The van der Waals surface area contributed by atoms with Gasteiger partial charge in [-0.25, -0.2) is 13.2 Å². The lowest BCUT2D eigenvalue weighted by Gasteiger charge is -2.25. The molecule has 1 aliphatic heterocycles. The molecule has 0 bridgehead atoms. The summed E-state index contributed by atoms with van der Waals surface area (Å²) in [6, 6.07) is 8.70. The van der Waals surface area contributed by atoms with Gasteiger partial charge in [-0.2, -0.15) is 4.31 Å². The summed E-state index contributed by atoms with van der Waals surface area (Å²) in [4.78, 5) is 34.7. The van der Waals surface area contributed by atoms with Crippen LogP contribution in [0.3, 0.4) is 0 Å². The number of piperidine rings is 1. The molecule has 11 heteroatoms. The lowest BCUT2D eigenvalue weighted by Crippen LogP contribution is -2.35. The van der Waals surface area contributed by atoms with Gasteiger partial charge >= 0.3 is 5.97 Å². The lowest BCUT2D eigenvalue weighted by atomic mass is 10.1. The molecule has 1 fully saturated rings. The molecule has 164 valence electrons. The Kier molecular flexibility index (Phi) is 7.04. The number of sulfonamides is 1. The molecule has 9 nitrogen and oxygen atoms in total. The molecule has 0 unspecified atom stereocenters. The van der Waals surface area contributed by atoms with Gasteiger partial charge in [-0.3, -0.25) is 14.9 Å². The van der Waals surface area contributed by atoms with E-state index in [4.69, 9.17) is 16.3 Å². The number of ketones is 1. The molecule has 0 aromatic heterocycles. The highest BCUT2D eigenvalue weighted by Gasteiger charge is 2.26. The number of carbonyl (C=O) groups is 2. The molecule has 0 spiro atoms. The summed E-state index contributed by atoms with van der Waals surface area (Å²) in [7, 11) is -3.62. The zero-order chi connectivity index (χ0) is 22.6. The minimum absolute atomic E-state index is 0.0460. The average molecular weight is 467 g/mol.